The van der Waals surface area contributed by atoms with Crippen molar-refractivity contribution in [3.63, 3.8) is 0 Å². The van der Waals surface area contributed by atoms with Crippen LogP contribution in [0.3, 0.4) is 0 Å². The number of rotatable bonds is 6. The lowest BCUT2D eigenvalue weighted by molar-refractivity contribution is 0.748. The minimum absolute atomic E-state index is 0.180. The molecule has 0 aliphatic rings. The summed E-state index contributed by atoms with van der Waals surface area (Å²) in [7, 11) is 0. The molecule has 2 aromatic carbocycles. The molecule has 106 valence electrons. The van der Waals surface area contributed by atoms with Crippen molar-refractivity contribution >= 4 is 27.7 Å². The summed E-state index contributed by atoms with van der Waals surface area (Å²) >= 11 is 5.38. The van der Waals surface area contributed by atoms with Gasteiger partial charge < -0.3 is 5.73 Å². The monoisotopic (exact) mass is 349 g/mol. The Morgan fingerprint density at radius 3 is 2.35 bits per heavy atom. The smallest absolute Gasteiger partial charge is 0.0311 e. The van der Waals surface area contributed by atoms with Crippen molar-refractivity contribution in [2.24, 2.45) is 5.73 Å². The standard InChI is InChI=1S/C17H20BrNS/c1-2-13-7-9-14(10-8-13)11-15(19)12-20-17-6-4-3-5-16(17)18/h3-10,15H,2,11-12,19H2,1H3. The van der Waals surface area contributed by atoms with Crippen molar-refractivity contribution in [2.45, 2.75) is 30.7 Å². The Morgan fingerprint density at radius 1 is 1.05 bits per heavy atom. The largest absolute Gasteiger partial charge is 0.327 e. The molecular formula is C17H20BrNS. The van der Waals surface area contributed by atoms with Crippen LogP contribution in [0.15, 0.2) is 57.9 Å². The van der Waals surface area contributed by atoms with Crippen molar-refractivity contribution in [3.8, 4) is 0 Å². The van der Waals surface area contributed by atoms with E-state index in [0.717, 1.165) is 23.1 Å². The van der Waals surface area contributed by atoms with E-state index in [4.69, 9.17) is 5.73 Å². The van der Waals surface area contributed by atoms with Crippen LogP contribution in [0.2, 0.25) is 0 Å². The summed E-state index contributed by atoms with van der Waals surface area (Å²) < 4.78 is 1.14. The van der Waals surface area contributed by atoms with Crippen molar-refractivity contribution < 1.29 is 0 Å². The van der Waals surface area contributed by atoms with E-state index in [2.05, 4.69) is 65.3 Å². The van der Waals surface area contributed by atoms with Gasteiger partial charge in [-0.15, -0.1) is 11.8 Å². The molecule has 0 spiro atoms. The lowest BCUT2D eigenvalue weighted by Gasteiger charge is -2.12. The Balaban J connectivity index is 1.86. The number of thioether (sulfide) groups is 1. The normalized spacial score (nSPS) is 12.3. The molecule has 0 saturated heterocycles. The van der Waals surface area contributed by atoms with Gasteiger partial charge in [-0.1, -0.05) is 43.3 Å². The van der Waals surface area contributed by atoms with E-state index in [1.54, 1.807) is 0 Å². The van der Waals surface area contributed by atoms with Crippen LogP contribution in [0.4, 0.5) is 0 Å². The average Bonchev–Trinajstić information content (AvgIpc) is 2.47. The molecule has 1 atom stereocenters. The highest BCUT2D eigenvalue weighted by Crippen LogP contribution is 2.27. The van der Waals surface area contributed by atoms with E-state index in [0.29, 0.717) is 0 Å². The van der Waals surface area contributed by atoms with Crippen LogP contribution in [0.1, 0.15) is 18.1 Å². The number of aryl methyl sites for hydroxylation is 1. The topological polar surface area (TPSA) is 26.0 Å². The first-order valence-electron chi connectivity index (χ1n) is 6.89. The average molecular weight is 350 g/mol. The number of nitrogens with two attached hydrogens (primary N) is 1. The molecular weight excluding hydrogens is 330 g/mol. The third-order valence-corrected chi connectivity index (χ3v) is 5.43. The van der Waals surface area contributed by atoms with Crippen molar-refractivity contribution in [2.75, 3.05) is 5.75 Å². The second-order valence-corrected chi connectivity index (χ2v) is 6.79. The molecule has 0 fully saturated rings. The Morgan fingerprint density at radius 2 is 1.70 bits per heavy atom. The lowest BCUT2D eigenvalue weighted by Crippen LogP contribution is -2.25. The quantitative estimate of drug-likeness (QED) is 0.766. The fraction of sp³-hybridized carbons (Fsp3) is 0.294. The summed E-state index contributed by atoms with van der Waals surface area (Å²) in [6.45, 7) is 2.18. The van der Waals surface area contributed by atoms with Crippen LogP contribution in [0, 0.1) is 0 Å². The first kappa shape index (κ1) is 15.6. The minimum atomic E-state index is 0.180. The third-order valence-electron chi connectivity index (χ3n) is 3.22. The zero-order chi connectivity index (χ0) is 14.4. The van der Waals surface area contributed by atoms with Crippen molar-refractivity contribution in [3.05, 3.63) is 64.1 Å². The van der Waals surface area contributed by atoms with E-state index in [1.165, 1.54) is 16.0 Å². The second kappa shape index (κ2) is 7.87. The van der Waals surface area contributed by atoms with E-state index in [-0.39, 0.29) is 6.04 Å². The van der Waals surface area contributed by atoms with Gasteiger partial charge in [-0.3, -0.25) is 0 Å². The molecule has 0 aromatic heterocycles. The summed E-state index contributed by atoms with van der Waals surface area (Å²) in [4.78, 5) is 1.25. The van der Waals surface area contributed by atoms with E-state index >= 15 is 0 Å². The van der Waals surface area contributed by atoms with Crippen LogP contribution in [-0.4, -0.2) is 11.8 Å². The molecule has 0 amide bonds. The van der Waals surface area contributed by atoms with Gasteiger partial charge in [0, 0.05) is 21.2 Å². The Labute approximate surface area is 134 Å². The highest BCUT2D eigenvalue weighted by Gasteiger charge is 2.07. The lowest BCUT2D eigenvalue weighted by atomic mass is 10.0. The molecule has 3 heteroatoms. The van der Waals surface area contributed by atoms with Gasteiger partial charge in [-0.2, -0.15) is 0 Å². The zero-order valence-corrected chi connectivity index (χ0v) is 14.1. The van der Waals surface area contributed by atoms with Crippen LogP contribution < -0.4 is 5.73 Å². The van der Waals surface area contributed by atoms with Gasteiger partial charge in [0.1, 0.15) is 0 Å². The second-order valence-electron chi connectivity index (χ2n) is 4.88. The maximum absolute atomic E-state index is 6.24. The Kier molecular flexibility index (Phi) is 6.14. The molecule has 20 heavy (non-hydrogen) atoms. The third kappa shape index (κ3) is 4.65. The fourth-order valence-electron chi connectivity index (χ4n) is 2.03. The van der Waals surface area contributed by atoms with E-state index in [9.17, 15) is 0 Å². The predicted molar refractivity (Wildman–Crippen MR) is 92.4 cm³/mol. The van der Waals surface area contributed by atoms with Crippen LogP contribution in [0.25, 0.3) is 0 Å². The van der Waals surface area contributed by atoms with Crippen molar-refractivity contribution in [1.29, 1.82) is 0 Å². The summed E-state index contributed by atoms with van der Waals surface area (Å²) in [5.41, 5.74) is 8.94. The first-order chi connectivity index (χ1) is 9.69. The van der Waals surface area contributed by atoms with Gasteiger partial charge in [0.15, 0.2) is 0 Å². The Hall–Kier alpha value is -0.770. The summed E-state index contributed by atoms with van der Waals surface area (Å²) in [5.74, 6) is 0.929. The van der Waals surface area contributed by atoms with Gasteiger partial charge in [0.25, 0.3) is 0 Å². The molecule has 0 bridgehead atoms. The minimum Gasteiger partial charge on any atom is -0.327 e. The molecule has 0 aliphatic carbocycles. The van der Waals surface area contributed by atoms with Gasteiger partial charge in [0.05, 0.1) is 0 Å². The summed E-state index contributed by atoms with van der Waals surface area (Å²) in [6.07, 6.45) is 2.02. The Bertz CT molecular complexity index is 539. The number of halogens is 1. The molecule has 0 radical (unpaired) electrons. The molecule has 0 heterocycles. The van der Waals surface area contributed by atoms with Crippen molar-refractivity contribution in [1.82, 2.24) is 0 Å². The molecule has 1 unspecified atom stereocenters. The maximum Gasteiger partial charge on any atom is 0.0311 e. The van der Waals surface area contributed by atoms with Crippen LogP contribution in [-0.2, 0) is 12.8 Å². The zero-order valence-electron chi connectivity index (χ0n) is 11.7. The van der Waals surface area contributed by atoms with E-state index < -0.39 is 0 Å². The summed E-state index contributed by atoms with van der Waals surface area (Å²) in [6, 6.07) is 17.2. The van der Waals surface area contributed by atoms with Gasteiger partial charge in [0.2, 0.25) is 0 Å². The SMILES string of the molecule is CCc1ccc(CC(N)CSc2ccccc2Br)cc1. The number of benzene rings is 2. The molecule has 2 aromatic rings. The van der Waals surface area contributed by atoms with Crippen LogP contribution >= 0.6 is 27.7 Å². The molecule has 1 nitrogen and oxygen atoms in total. The molecule has 2 N–H and O–H groups in total. The molecule has 2 rings (SSSR count). The van der Waals surface area contributed by atoms with Gasteiger partial charge in [-0.05, 0) is 52.0 Å². The molecule has 0 aliphatic heterocycles. The fourth-order valence-corrected chi connectivity index (χ4v) is 3.55. The predicted octanol–water partition coefficient (Wildman–Crippen LogP) is 4.67. The number of hydrogen-bond acceptors (Lipinski definition) is 2. The molecule has 0 saturated carbocycles. The van der Waals surface area contributed by atoms with E-state index in [1.807, 2.05) is 17.8 Å². The highest BCUT2D eigenvalue weighted by molar-refractivity contribution is 9.10. The maximum atomic E-state index is 6.24. The van der Waals surface area contributed by atoms with Crippen LogP contribution in [0.5, 0.6) is 0 Å². The van der Waals surface area contributed by atoms with Gasteiger partial charge >= 0.3 is 0 Å². The number of hydrogen-bond donors (Lipinski definition) is 1. The van der Waals surface area contributed by atoms with Gasteiger partial charge in [-0.25, -0.2) is 0 Å². The highest BCUT2D eigenvalue weighted by atomic mass is 79.9. The summed E-state index contributed by atoms with van der Waals surface area (Å²) in [5, 5.41) is 0. The first-order valence-corrected chi connectivity index (χ1v) is 8.67.